The highest BCUT2D eigenvalue weighted by molar-refractivity contribution is 5.77. The Morgan fingerprint density at radius 2 is 1.33 bits per heavy atom. The SMILES string of the molecule is CC(=O)CC(O)(c1ccccc1)c1ccccc1. The van der Waals surface area contributed by atoms with Crippen molar-refractivity contribution in [3.63, 3.8) is 0 Å². The average molecular weight is 240 g/mol. The molecule has 0 spiro atoms. The number of hydrogen-bond acceptors (Lipinski definition) is 2. The molecule has 0 fully saturated rings. The second-order valence-electron chi connectivity index (χ2n) is 4.47. The molecule has 2 aromatic rings. The summed E-state index contributed by atoms with van der Waals surface area (Å²) < 4.78 is 0. The number of ketones is 1. The maximum Gasteiger partial charge on any atom is 0.133 e. The molecule has 0 aromatic heterocycles. The third kappa shape index (κ3) is 2.49. The van der Waals surface area contributed by atoms with Gasteiger partial charge in [0.05, 0.1) is 0 Å². The first kappa shape index (κ1) is 12.5. The van der Waals surface area contributed by atoms with Gasteiger partial charge in [-0.25, -0.2) is 0 Å². The minimum Gasteiger partial charge on any atom is -0.380 e. The van der Waals surface area contributed by atoms with Crippen molar-refractivity contribution in [1.82, 2.24) is 0 Å². The van der Waals surface area contributed by atoms with Gasteiger partial charge in [-0.3, -0.25) is 4.79 Å². The van der Waals surface area contributed by atoms with Gasteiger partial charge in [0.1, 0.15) is 11.4 Å². The van der Waals surface area contributed by atoms with Crippen LogP contribution in [0.1, 0.15) is 24.5 Å². The van der Waals surface area contributed by atoms with E-state index < -0.39 is 5.60 Å². The first-order chi connectivity index (χ1) is 8.63. The molecule has 2 aromatic carbocycles. The van der Waals surface area contributed by atoms with Crippen molar-refractivity contribution in [2.75, 3.05) is 0 Å². The number of carbonyl (C=O) groups is 1. The second-order valence-corrected chi connectivity index (χ2v) is 4.47. The molecular formula is C16H16O2. The first-order valence-corrected chi connectivity index (χ1v) is 5.96. The molecule has 0 saturated heterocycles. The van der Waals surface area contributed by atoms with Gasteiger partial charge in [0, 0.05) is 6.42 Å². The van der Waals surface area contributed by atoms with Gasteiger partial charge >= 0.3 is 0 Å². The highest BCUT2D eigenvalue weighted by Crippen LogP contribution is 2.32. The van der Waals surface area contributed by atoms with Crippen LogP contribution in [0.25, 0.3) is 0 Å². The second kappa shape index (κ2) is 5.15. The summed E-state index contributed by atoms with van der Waals surface area (Å²) in [6, 6.07) is 18.6. The summed E-state index contributed by atoms with van der Waals surface area (Å²) in [6.45, 7) is 1.50. The van der Waals surface area contributed by atoms with E-state index in [9.17, 15) is 9.90 Å². The lowest BCUT2D eigenvalue weighted by atomic mass is 9.82. The van der Waals surface area contributed by atoms with Gasteiger partial charge in [0.15, 0.2) is 0 Å². The van der Waals surface area contributed by atoms with E-state index in [2.05, 4.69) is 0 Å². The molecule has 0 heterocycles. The monoisotopic (exact) mass is 240 g/mol. The smallest absolute Gasteiger partial charge is 0.133 e. The van der Waals surface area contributed by atoms with Crippen LogP contribution in [0, 0.1) is 0 Å². The number of carbonyl (C=O) groups excluding carboxylic acids is 1. The summed E-state index contributed by atoms with van der Waals surface area (Å²) >= 11 is 0. The fourth-order valence-electron chi connectivity index (χ4n) is 2.16. The lowest BCUT2D eigenvalue weighted by molar-refractivity contribution is -0.120. The molecule has 2 heteroatoms. The predicted molar refractivity (Wildman–Crippen MR) is 71.2 cm³/mol. The number of rotatable bonds is 4. The van der Waals surface area contributed by atoms with Crippen molar-refractivity contribution >= 4 is 5.78 Å². The third-order valence-corrected chi connectivity index (χ3v) is 3.01. The summed E-state index contributed by atoms with van der Waals surface area (Å²) in [6.07, 6.45) is 0.0844. The Morgan fingerprint density at radius 1 is 0.944 bits per heavy atom. The van der Waals surface area contributed by atoms with E-state index in [0.717, 1.165) is 11.1 Å². The lowest BCUT2D eigenvalue weighted by Crippen LogP contribution is -2.29. The normalized spacial score (nSPS) is 11.2. The lowest BCUT2D eigenvalue weighted by Gasteiger charge is -2.28. The predicted octanol–water partition coefficient (Wildman–Crippen LogP) is 2.90. The Kier molecular flexibility index (Phi) is 3.58. The van der Waals surface area contributed by atoms with Crippen LogP contribution in [-0.2, 0) is 10.4 Å². The molecular weight excluding hydrogens is 224 g/mol. The van der Waals surface area contributed by atoms with E-state index in [1.165, 1.54) is 6.92 Å². The number of hydrogen-bond donors (Lipinski definition) is 1. The average Bonchev–Trinajstić information content (AvgIpc) is 2.40. The van der Waals surface area contributed by atoms with Crippen LogP contribution >= 0.6 is 0 Å². The zero-order chi connectivity index (χ0) is 13.0. The van der Waals surface area contributed by atoms with Crippen molar-refractivity contribution < 1.29 is 9.90 Å². The minimum absolute atomic E-state index is 0.0368. The zero-order valence-electron chi connectivity index (χ0n) is 10.3. The van der Waals surface area contributed by atoms with Crippen LogP contribution in [-0.4, -0.2) is 10.9 Å². The van der Waals surface area contributed by atoms with Gasteiger partial charge in [-0.1, -0.05) is 60.7 Å². The van der Waals surface area contributed by atoms with Gasteiger partial charge in [0.25, 0.3) is 0 Å². The van der Waals surface area contributed by atoms with Crippen molar-refractivity contribution in [1.29, 1.82) is 0 Å². The Bertz CT molecular complexity index is 478. The molecule has 92 valence electrons. The highest BCUT2D eigenvalue weighted by atomic mass is 16.3. The molecule has 0 radical (unpaired) electrons. The van der Waals surface area contributed by atoms with E-state index in [4.69, 9.17) is 0 Å². The molecule has 0 bridgehead atoms. The zero-order valence-corrected chi connectivity index (χ0v) is 10.3. The standard InChI is InChI=1S/C16H16O2/c1-13(17)12-16(18,14-8-4-2-5-9-14)15-10-6-3-7-11-15/h2-11,18H,12H2,1H3. The van der Waals surface area contributed by atoms with Crippen LogP contribution in [0.15, 0.2) is 60.7 Å². The molecule has 2 nitrogen and oxygen atoms in total. The fourth-order valence-corrected chi connectivity index (χ4v) is 2.16. The number of Topliss-reactive ketones (excluding diaryl/α,β-unsaturated/α-hetero) is 1. The summed E-state index contributed by atoms with van der Waals surface area (Å²) in [7, 11) is 0. The Labute approximate surface area is 107 Å². The number of aliphatic hydroxyl groups is 1. The van der Waals surface area contributed by atoms with Gasteiger partial charge in [0.2, 0.25) is 0 Å². The van der Waals surface area contributed by atoms with Gasteiger partial charge in [-0.2, -0.15) is 0 Å². The molecule has 18 heavy (non-hydrogen) atoms. The molecule has 0 saturated carbocycles. The molecule has 1 N–H and O–H groups in total. The quantitative estimate of drug-likeness (QED) is 0.892. The van der Waals surface area contributed by atoms with E-state index in [-0.39, 0.29) is 12.2 Å². The minimum atomic E-state index is -1.24. The first-order valence-electron chi connectivity index (χ1n) is 5.96. The third-order valence-electron chi connectivity index (χ3n) is 3.01. The topological polar surface area (TPSA) is 37.3 Å². The molecule has 2 rings (SSSR count). The van der Waals surface area contributed by atoms with Crippen molar-refractivity contribution in [3.05, 3.63) is 71.8 Å². The molecule has 0 aliphatic rings. The Hall–Kier alpha value is -1.93. The summed E-state index contributed by atoms with van der Waals surface area (Å²) in [4.78, 5) is 11.4. The van der Waals surface area contributed by atoms with Crippen molar-refractivity contribution in [2.45, 2.75) is 18.9 Å². The van der Waals surface area contributed by atoms with Crippen LogP contribution in [0.5, 0.6) is 0 Å². The van der Waals surface area contributed by atoms with Crippen LogP contribution in [0.4, 0.5) is 0 Å². The van der Waals surface area contributed by atoms with Crippen molar-refractivity contribution in [2.24, 2.45) is 0 Å². The summed E-state index contributed by atoms with van der Waals surface area (Å²) in [5, 5.41) is 10.9. The number of benzene rings is 2. The molecule has 0 aliphatic carbocycles. The van der Waals surface area contributed by atoms with Gasteiger partial charge in [-0.05, 0) is 18.1 Å². The summed E-state index contributed by atoms with van der Waals surface area (Å²) in [5.41, 5.74) is 0.242. The Balaban J connectivity index is 2.51. The maximum atomic E-state index is 11.4. The highest BCUT2D eigenvalue weighted by Gasteiger charge is 2.32. The van der Waals surface area contributed by atoms with Crippen LogP contribution < -0.4 is 0 Å². The van der Waals surface area contributed by atoms with Gasteiger partial charge in [-0.15, -0.1) is 0 Å². The Morgan fingerprint density at radius 3 is 1.67 bits per heavy atom. The largest absolute Gasteiger partial charge is 0.380 e. The fraction of sp³-hybridized carbons (Fsp3) is 0.188. The van der Waals surface area contributed by atoms with E-state index in [1.54, 1.807) is 0 Å². The molecule has 0 aliphatic heterocycles. The van der Waals surface area contributed by atoms with Crippen LogP contribution in [0.3, 0.4) is 0 Å². The molecule has 0 amide bonds. The van der Waals surface area contributed by atoms with Gasteiger partial charge < -0.3 is 5.11 Å². The van der Waals surface area contributed by atoms with E-state index >= 15 is 0 Å². The van der Waals surface area contributed by atoms with Crippen molar-refractivity contribution in [3.8, 4) is 0 Å². The van der Waals surface area contributed by atoms with E-state index in [1.807, 2.05) is 60.7 Å². The van der Waals surface area contributed by atoms with Crippen LogP contribution in [0.2, 0.25) is 0 Å². The van der Waals surface area contributed by atoms with E-state index in [0.29, 0.717) is 0 Å². The molecule has 0 atom stereocenters. The summed E-state index contributed by atoms with van der Waals surface area (Å²) in [5.74, 6) is -0.0368. The molecule has 0 unspecified atom stereocenters. The maximum absolute atomic E-state index is 11.4.